The van der Waals surface area contributed by atoms with Crippen molar-refractivity contribution in [2.24, 2.45) is 0 Å². The first-order valence-corrected chi connectivity index (χ1v) is 8.93. The Morgan fingerprint density at radius 1 is 1.12 bits per heavy atom. The lowest BCUT2D eigenvalue weighted by Gasteiger charge is -2.12. The number of rotatable bonds is 3. The molecule has 0 radical (unpaired) electrons. The second-order valence-electron chi connectivity index (χ2n) is 5.40. The second kappa shape index (κ2) is 5.76. The van der Waals surface area contributed by atoms with E-state index in [4.69, 9.17) is 0 Å². The first-order valence-electron chi connectivity index (χ1n) is 7.04. The van der Waals surface area contributed by atoms with Crippen molar-refractivity contribution >= 4 is 26.7 Å². The number of carbonyl (C=O) groups is 1. The predicted molar refractivity (Wildman–Crippen MR) is 88.0 cm³/mol. The minimum atomic E-state index is -3.53. The second-order valence-corrected chi connectivity index (χ2v) is 7.38. The molecule has 3 rings (SSSR count). The maximum absolute atomic E-state index is 13.4. The molecule has 0 aliphatic heterocycles. The van der Waals surface area contributed by atoms with Gasteiger partial charge in [0.15, 0.2) is 15.6 Å². The van der Waals surface area contributed by atoms with E-state index < -0.39 is 15.7 Å². The fraction of sp³-hybridized carbons (Fsp3) is 0.118. The molecule has 0 amide bonds. The molecule has 1 aromatic carbocycles. The van der Waals surface area contributed by atoms with Gasteiger partial charge in [-0.3, -0.25) is 9.78 Å². The Balaban J connectivity index is 2.41. The number of hydrogen-bond donors (Lipinski definition) is 0. The summed E-state index contributed by atoms with van der Waals surface area (Å²) in [5.41, 5.74) is 1.35. The van der Waals surface area contributed by atoms with Crippen molar-refractivity contribution in [3.8, 4) is 11.3 Å². The highest BCUT2D eigenvalue weighted by molar-refractivity contribution is 7.90. The minimum absolute atomic E-state index is 0.0590. The van der Waals surface area contributed by atoms with Gasteiger partial charge in [-0.1, -0.05) is 18.2 Å². The maximum Gasteiger partial charge on any atom is 0.176 e. The Morgan fingerprint density at radius 2 is 1.83 bits per heavy atom. The summed E-state index contributed by atoms with van der Waals surface area (Å²) in [7, 11) is -3.53. The Hall–Kier alpha value is -2.67. The number of ketones is 1. The lowest BCUT2D eigenvalue weighted by molar-refractivity contribution is 0.101. The van der Waals surface area contributed by atoms with Crippen molar-refractivity contribution in [1.29, 1.82) is 0 Å². The molecular formula is C17H13FN2O3S. The average molecular weight is 344 g/mol. The largest absolute Gasteiger partial charge is 0.294 e. The van der Waals surface area contributed by atoms with Crippen molar-refractivity contribution in [3.05, 3.63) is 54.0 Å². The molecule has 3 aromatic rings. The Morgan fingerprint density at radius 3 is 2.50 bits per heavy atom. The van der Waals surface area contributed by atoms with Crippen LogP contribution in [0.5, 0.6) is 0 Å². The van der Waals surface area contributed by atoms with E-state index in [9.17, 15) is 17.6 Å². The zero-order valence-electron chi connectivity index (χ0n) is 12.9. The molecule has 2 aromatic heterocycles. The van der Waals surface area contributed by atoms with Crippen molar-refractivity contribution in [2.75, 3.05) is 6.26 Å². The summed E-state index contributed by atoms with van der Waals surface area (Å²) in [5.74, 6) is -0.846. The molecule has 7 heteroatoms. The minimum Gasteiger partial charge on any atom is -0.294 e. The highest BCUT2D eigenvalue weighted by Crippen LogP contribution is 2.30. The van der Waals surface area contributed by atoms with E-state index >= 15 is 0 Å². The van der Waals surface area contributed by atoms with Crippen LogP contribution in [0.3, 0.4) is 0 Å². The number of Topliss-reactive ketones (excluding diaryl/α,β-unsaturated/α-hetero) is 1. The van der Waals surface area contributed by atoms with Crippen LogP contribution >= 0.6 is 0 Å². The van der Waals surface area contributed by atoms with Crippen molar-refractivity contribution in [3.63, 3.8) is 0 Å². The Labute approximate surface area is 138 Å². The number of carbonyl (C=O) groups excluding carboxylic acids is 1. The van der Waals surface area contributed by atoms with E-state index in [1.54, 1.807) is 18.2 Å². The van der Waals surface area contributed by atoms with Gasteiger partial charge in [-0.2, -0.15) is 0 Å². The van der Waals surface area contributed by atoms with Crippen LogP contribution in [0.2, 0.25) is 0 Å². The molecule has 24 heavy (non-hydrogen) atoms. The molecule has 0 aliphatic carbocycles. The van der Waals surface area contributed by atoms with Crippen molar-refractivity contribution in [1.82, 2.24) is 9.97 Å². The topological polar surface area (TPSA) is 77.0 Å². The van der Waals surface area contributed by atoms with Gasteiger partial charge < -0.3 is 0 Å². The van der Waals surface area contributed by atoms with Crippen molar-refractivity contribution in [2.45, 2.75) is 11.8 Å². The summed E-state index contributed by atoms with van der Waals surface area (Å²) in [6.45, 7) is 1.36. The van der Waals surface area contributed by atoms with Crippen molar-refractivity contribution < 1.29 is 17.6 Å². The third kappa shape index (κ3) is 2.90. The number of halogens is 1. The summed E-state index contributed by atoms with van der Waals surface area (Å²) in [5, 5.41) is 0. The number of aromatic nitrogens is 2. The van der Waals surface area contributed by atoms with Gasteiger partial charge in [-0.25, -0.2) is 17.8 Å². The zero-order chi connectivity index (χ0) is 17.5. The normalized spacial score (nSPS) is 11.6. The van der Waals surface area contributed by atoms with Crippen LogP contribution in [0.4, 0.5) is 4.39 Å². The fourth-order valence-electron chi connectivity index (χ4n) is 2.48. The molecule has 0 bridgehead atoms. The van der Waals surface area contributed by atoms with Crippen LogP contribution in [-0.4, -0.2) is 30.4 Å². The highest BCUT2D eigenvalue weighted by atomic mass is 32.2. The quantitative estimate of drug-likeness (QED) is 0.683. The van der Waals surface area contributed by atoms with Crippen LogP contribution < -0.4 is 0 Å². The van der Waals surface area contributed by atoms with E-state index in [-0.39, 0.29) is 27.5 Å². The molecule has 0 fully saturated rings. The molecule has 0 aliphatic rings. The van der Waals surface area contributed by atoms with E-state index in [0.717, 1.165) is 12.5 Å². The van der Waals surface area contributed by atoms with Crippen LogP contribution in [0.1, 0.15) is 17.3 Å². The van der Waals surface area contributed by atoms with Gasteiger partial charge in [-0.15, -0.1) is 0 Å². The van der Waals surface area contributed by atoms with Crippen LogP contribution in [-0.2, 0) is 9.84 Å². The summed E-state index contributed by atoms with van der Waals surface area (Å²) in [4.78, 5) is 20.3. The van der Waals surface area contributed by atoms with E-state index in [0.29, 0.717) is 11.1 Å². The van der Waals surface area contributed by atoms with E-state index in [2.05, 4.69) is 9.97 Å². The molecule has 0 saturated carbocycles. The third-order valence-electron chi connectivity index (χ3n) is 3.55. The standard InChI is InChI=1S/C17H13FN2O3S/c1-10(21)13-8-14-15(7-11(18)9-19-14)20-17(13)12-5-3-4-6-16(12)24(2,22)23/h3-9H,1-2H3. The third-order valence-corrected chi connectivity index (χ3v) is 4.71. The highest BCUT2D eigenvalue weighted by Gasteiger charge is 2.20. The van der Waals surface area contributed by atoms with Gasteiger partial charge in [0.25, 0.3) is 0 Å². The molecule has 0 atom stereocenters. The van der Waals surface area contributed by atoms with Gasteiger partial charge in [-0.05, 0) is 19.1 Å². The molecule has 122 valence electrons. The van der Waals surface area contributed by atoms with Gasteiger partial charge in [0.05, 0.1) is 27.8 Å². The molecule has 0 saturated heterocycles. The maximum atomic E-state index is 13.4. The zero-order valence-corrected chi connectivity index (χ0v) is 13.8. The number of hydrogen-bond acceptors (Lipinski definition) is 5. The summed E-state index contributed by atoms with van der Waals surface area (Å²) >= 11 is 0. The molecule has 0 N–H and O–H groups in total. The molecular weight excluding hydrogens is 331 g/mol. The van der Waals surface area contributed by atoms with Gasteiger partial charge in [0.2, 0.25) is 0 Å². The number of nitrogens with zero attached hydrogens (tertiary/aromatic N) is 2. The fourth-order valence-corrected chi connectivity index (χ4v) is 3.37. The van der Waals surface area contributed by atoms with E-state index in [1.165, 1.54) is 25.1 Å². The van der Waals surface area contributed by atoms with Gasteiger partial charge >= 0.3 is 0 Å². The summed E-state index contributed by atoms with van der Waals surface area (Å²) in [6, 6.07) is 8.96. The predicted octanol–water partition coefficient (Wildman–Crippen LogP) is 3.04. The lowest BCUT2D eigenvalue weighted by atomic mass is 10.0. The first kappa shape index (κ1) is 16.2. The summed E-state index contributed by atoms with van der Waals surface area (Å²) < 4.78 is 37.5. The Bertz CT molecular complexity index is 1080. The number of benzene rings is 1. The first-order chi connectivity index (χ1) is 11.3. The smallest absolute Gasteiger partial charge is 0.176 e. The SMILES string of the molecule is CC(=O)c1cc2ncc(F)cc2nc1-c1ccccc1S(C)(=O)=O. The van der Waals surface area contributed by atoms with Crippen LogP contribution in [0, 0.1) is 5.82 Å². The molecule has 2 heterocycles. The van der Waals surface area contributed by atoms with Crippen LogP contribution in [0.25, 0.3) is 22.3 Å². The monoisotopic (exact) mass is 344 g/mol. The molecule has 5 nitrogen and oxygen atoms in total. The average Bonchev–Trinajstić information content (AvgIpc) is 2.52. The number of sulfone groups is 1. The van der Waals surface area contributed by atoms with Crippen LogP contribution in [0.15, 0.2) is 47.5 Å². The molecule has 0 spiro atoms. The Kier molecular flexibility index (Phi) is 3.88. The number of fused-ring (bicyclic) bond motifs is 1. The lowest BCUT2D eigenvalue weighted by Crippen LogP contribution is -2.05. The van der Waals surface area contributed by atoms with Gasteiger partial charge in [0.1, 0.15) is 5.82 Å². The van der Waals surface area contributed by atoms with Gasteiger partial charge in [0, 0.05) is 23.4 Å². The van der Waals surface area contributed by atoms with E-state index in [1.807, 2.05) is 0 Å². The summed E-state index contributed by atoms with van der Waals surface area (Å²) in [6.07, 6.45) is 2.12. The number of pyridine rings is 2. The molecule has 0 unspecified atom stereocenters.